The molecule has 0 atom stereocenters. The largest absolute Gasteiger partial charge is 0.224 e. The van der Waals surface area contributed by atoms with E-state index in [-0.39, 0.29) is 5.75 Å². The molecular formula is C14H21ClO2S. The fraction of sp³-hybridized carbons (Fsp3) is 0.571. The standard InChI is InChI=1S/C14H21ClO2S/c1-12(2)13-6-8-14(9-7-13)18(16,17)11-5-3-4-10-15/h6-9,12H,3-5,10-11H2,1-2H3. The molecule has 0 spiro atoms. The van der Waals surface area contributed by atoms with Gasteiger partial charge in [-0.15, -0.1) is 11.6 Å². The Morgan fingerprint density at radius 3 is 2.17 bits per heavy atom. The third kappa shape index (κ3) is 4.62. The molecule has 0 aliphatic rings. The van der Waals surface area contributed by atoms with Gasteiger partial charge in [-0.3, -0.25) is 0 Å². The van der Waals surface area contributed by atoms with Gasteiger partial charge in [0.2, 0.25) is 0 Å². The van der Waals surface area contributed by atoms with E-state index in [4.69, 9.17) is 11.6 Å². The summed E-state index contributed by atoms with van der Waals surface area (Å²) in [5.41, 5.74) is 1.16. The smallest absolute Gasteiger partial charge is 0.178 e. The lowest BCUT2D eigenvalue weighted by Gasteiger charge is -2.08. The molecule has 0 bridgehead atoms. The molecule has 0 aliphatic carbocycles. The summed E-state index contributed by atoms with van der Waals surface area (Å²) in [5, 5.41) is 0. The summed E-state index contributed by atoms with van der Waals surface area (Å²) in [4.78, 5) is 0.428. The number of unbranched alkanes of at least 4 members (excludes halogenated alkanes) is 2. The van der Waals surface area contributed by atoms with Gasteiger partial charge in [0.25, 0.3) is 0 Å². The average Bonchev–Trinajstić information content (AvgIpc) is 2.35. The van der Waals surface area contributed by atoms with Gasteiger partial charge in [-0.05, 0) is 36.5 Å². The van der Waals surface area contributed by atoms with Crippen molar-refractivity contribution in [2.45, 2.75) is 43.9 Å². The minimum atomic E-state index is -3.13. The van der Waals surface area contributed by atoms with Gasteiger partial charge in [0.1, 0.15) is 0 Å². The maximum Gasteiger partial charge on any atom is 0.178 e. The van der Waals surface area contributed by atoms with Gasteiger partial charge in [0, 0.05) is 5.88 Å². The van der Waals surface area contributed by atoms with Crippen LogP contribution in [0.5, 0.6) is 0 Å². The van der Waals surface area contributed by atoms with Gasteiger partial charge in [-0.2, -0.15) is 0 Å². The van der Waals surface area contributed by atoms with Crippen molar-refractivity contribution >= 4 is 21.4 Å². The van der Waals surface area contributed by atoms with Crippen LogP contribution in [-0.2, 0) is 9.84 Å². The van der Waals surface area contributed by atoms with E-state index in [1.54, 1.807) is 12.1 Å². The number of hydrogen-bond acceptors (Lipinski definition) is 2. The van der Waals surface area contributed by atoms with E-state index >= 15 is 0 Å². The normalized spacial score (nSPS) is 12.0. The maximum absolute atomic E-state index is 12.0. The highest BCUT2D eigenvalue weighted by Gasteiger charge is 2.13. The van der Waals surface area contributed by atoms with E-state index in [2.05, 4.69) is 13.8 Å². The summed E-state index contributed by atoms with van der Waals surface area (Å²) in [6.45, 7) is 4.19. The molecule has 0 saturated carbocycles. The summed E-state index contributed by atoms with van der Waals surface area (Å²) in [6.07, 6.45) is 2.43. The van der Waals surface area contributed by atoms with Crippen LogP contribution in [0.4, 0.5) is 0 Å². The zero-order valence-electron chi connectivity index (χ0n) is 11.0. The van der Waals surface area contributed by atoms with Crippen LogP contribution in [0, 0.1) is 0 Å². The molecule has 4 heteroatoms. The minimum Gasteiger partial charge on any atom is -0.224 e. The molecule has 0 heterocycles. The zero-order valence-corrected chi connectivity index (χ0v) is 12.6. The molecule has 102 valence electrons. The van der Waals surface area contributed by atoms with Crippen molar-refractivity contribution in [2.24, 2.45) is 0 Å². The van der Waals surface area contributed by atoms with Gasteiger partial charge in [0.15, 0.2) is 9.84 Å². The second kappa shape index (κ2) is 7.15. The van der Waals surface area contributed by atoms with Gasteiger partial charge in [-0.25, -0.2) is 8.42 Å². The predicted molar refractivity (Wildman–Crippen MR) is 77.2 cm³/mol. The van der Waals surface area contributed by atoms with Gasteiger partial charge >= 0.3 is 0 Å². The van der Waals surface area contributed by atoms with Crippen molar-refractivity contribution < 1.29 is 8.42 Å². The Morgan fingerprint density at radius 1 is 1.06 bits per heavy atom. The fourth-order valence-electron chi connectivity index (χ4n) is 1.74. The predicted octanol–water partition coefficient (Wildman–Crippen LogP) is 3.99. The highest BCUT2D eigenvalue weighted by molar-refractivity contribution is 7.91. The number of benzene rings is 1. The Morgan fingerprint density at radius 2 is 1.67 bits per heavy atom. The Kier molecular flexibility index (Phi) is 6.16. The SMILES string of the molecule is CC(C)c1ccc(S(=O)(=O)CCCCCCl)cc1. The third-order valence-electron chi connectivity index (χ3n) is 2.95. The first-order valence-electron chi connectivity index (χ1n) is 6.36. The Hall–Kier alpha value is -0.540. The van der Waals surface area contributed by atoms with E-state index < -0.39 is 9.84 Å². The first-order valence-corrected chi connectivity index (χ1v) is 8.54. The lowest BCUT2D eigenvalue weighted by molar-refractivity contribution is 0.591. The number of rotatable bonds is 7. The molecule has 1 aromatic rings. The second-order valence-electron chi connectivity index (χ2n) is 4.79. The van der Waals surface area contributed by atoms with Crippen LogP contribution in [0.25, 0.3) is 0 Å². The Labute approximate surface area is 115 Å². The number of hydrogen-bond donors (Lipinski definition) is 0. The average molecular weight is 289 g/mol. The molecule has 0 aromatic heterocycles. The Balaban J connectivity index is 2.67. The van der Waals surface area contributed by atoms with Crippen molar-refractivity contribution in [1.29, 1.82) is 0 Å². The fourth-order valence-corrected chi connectivity index (χ4v) is 3.30. The summed E-state index contributed by atoms with van der Waals surface area (Å²) in [5.74, 6) is 1.24. The highest BCUT2D eigenvalue weighted by atomic mass is 35.5. The van der Waals surface area contributed by atoms with Crippen molar-refractivity contribution in [3.63, 3.8) is 0 Å². The van der Waals surface area contributed by atoms with Gasteiger partial charge < -0.3 is 0 Å². The van der Waals surface area contributed by atoms with E-state index in [0.717, 1.165) is 18.4 Å². The molecule has 1 aromatic carbocycles. The third-order valence-corrected chi connectivity index (χ3v) is 5.04. The van der Waals surface area contributed by atoms with Crippen LogP contribution in [-0.4, -0.2) is 20.1 Å². The highest BCUT2D eigenvalue weighted by Crippen LogP contribution is 2.19. The molecular weight excluding hydrogens is 268 g/mol. The molecule has 0 N–H and O–H groups in total. The first-order chi connectivity index (χ1) is 8.47. The second-order valence-corrected chi connectivity index (χ2v) is 7.28. The monoisotopic (exact) mass is 288 g/mol. The molecule has 2 nitrogen and oxygen atoms in total. The molecule has 0 radical (unpaired) electrons. The summed E-state index contributed by atoms with van der Waals surface area (Å²) >= 11 is 5.57. The minimum absolute atomic E-state index is 0.213. The van der Waals surface area contributed by atoms with Crippen molar-refractivity contribution in [3.8, 4) is 0 Å². The Bertz CT molecular complexity index is 449. The number of alkyl halides is 1. The molecule has 0 fully saturated rings. The van der Waals surface area contributed by atoms with Crippen LogP contribution >= 0.6 is 11.6 Å². The lowest BCUT2D eigenvalue weighted by Crippen LogP contribution is -2.07. The van der Waals surface area contributed by atoms with E-state index in [1.807, 2.05) is 12.1 Å². The van der Waals surface area contributed by atoms with Crippen molar-refractivity contribution in [3.05, 3.63) is 29.8 Å². The first kappa shape index (κ1) is 15.5. The van der Waals surface area contributed by atoms with E-state index in [9.17, 15) is 8.42 Å². The van der Waals surface area contributed by atoms with Crippen LogP contribution < -0.4 is 0 Å². The number of sulfone groups is 1. The van der Waals surface area contributed by atoms with Gasteiger partial charge in [-0.1, -0.05) is 32.4 Å². The summed E-state index contributed by atoms with van der Waals surface area (Å²) < 4.78 is 24.1. The van der Waals surface area contributed by atoms with Gasteiger partial charge in [0.05, 0.1) is 10.6 Å². The zero-order chi connectivity index (χ0) is 13.6. The van der Waals surface area contributed by atoms with Crippen LogP contribution in [0.1, 0.15) is 44.6 Å². The molecule has 18 heavy (non-hydrogen) atoms. The molecule has 1 rings (SSSR count). The van der Waals surface area contributed by atoms with Crippen molar-refractivity contribution in [2.75, 3.05) is 11.6 Å². The summed E-state index contributed by atoms with van der Waals surface area (Å²) in [6, 6.07) is 7.23. The number of halogens is 1. The van der Waals surface area contributed by atoms with Crippen molar-refractivity contribution in [1.82, 2.24) is 0 Å². The quantitative estimate of drug-likeness (QED) is 0.561. The van der Waals surface area contributed by atoms with Crippen LogP contribution in [0.15, 0.2) is 29.2 Å². The topological polar surface area (TPSA) is 34.1 Å². The van der Waals surface area contributed by atoms with E-state index in [1.165, 1.54) is 0 Å². The van der Waals surface area contributed by atoms with Crippen LogP contribution in [0.2, 0.25) is 0 Å². The molecule has 0 saturated heterocycles. The summed E-state index contributed by atoms with van der Waals surface area (Å²) in [7, 11) is -3.13. The maximum atomic E-state index is 12.0. The molecule has 0 unspecified atom stereocenters. The van der Waals surface area contributed by atoms with Crippen LogP contribution in [0.3, 0.4) is 0 Å². The lowest BCUT2D eigenvalue weighted by atomic mass is 10.0. The van der Waals surface area contributed by atoms with E-state index in [0.29, 0.717) is 23.1 Å². The molecule has 0 amide bonds. The molecule has 0 aliphatic heterocycles.